The van der Waals surface area contributed by atoms with Gasteiger partial charge in [0, 0.05) is 58.4 Å². The fourth-order valence-corrected chi connectivity index (χ4v) is 3.19. The molecule has 3 rings (SSSR count). The fourth-order valence-electron chi connectivity index (χ4n) is 3.19. The van der Waals surface area contributed by atoms with E-state index in [4.69, 9.17) is 4.74 Å². The average molecular weight is 355 g/mol. The van der Waals surface area contributed by atoms with Crippen LogP contribution in [-0.2, 0) is 24.9 Å². The van der Waals surface area contributed by atoms with Crippen LogP contribution in [0.5, 0.6) is 0 Å². The zero-order chi connectivity index (χ0) is 18.4. The van der Waals surface area contributed by atoms with Crippen molar-refractivity contribution in [1.82, 2.24) is 14.8 Å². The molecule has 1 saturated heterocycles. The number of morpholine rings is 1. The Balaban J connectivity index is 1.54. The van der Waals surface area contributed by atoms with Crippen molar-refractivity contribution in [2.45, 2.75) is 13.1 Å². The van der Waals surface area contributed by atoms with Crippen LogP contribution in [0.4, 0.5) is 5.69 Å². The van der Waals surface area contributed by atoms with Crippen molar-refractivity contribution >= 4 is 11.6 Å². The highest BCUT2D eigenvalue weighted by Gasteiger charge is 2.11. The van der Waals surface area contributed by atoms with E-state index in [2.05, 4.69) is 81.4 Å². The number of aryl methyl sites for hydroxylation is 1. The Bertz CT molecular complexity index is 716. The van der Waals surface area contributed by atoms with Gasteiger partial charge >= 0.3 is 0 Å². The Morgan fingerprint density at radius 1 is 1.19 bits per heavy atom. The normalized spacial score (nSPS) is 15.2. The number of ether oxygens (including phenoxy) is 1. The molecular formula is C20H29N5O. The minimum atomic E-state index is 0.757. The van der Waals surface area contributed by atoms with Crippen molar-refractivity contribution < 1.29 is 4.74 Å². The lowest BCUT2D eigenvalue weighted by Gasteiger charge is -2.29. The van der Waals surface area contributed by atoms with Gasteiger partial charge in [0.25, 0.3) is 0 Å². The summed E-state index contributed by atoms with van der Waals surface area (Å²) in [5.74, 6) is 0.892. The average Bonchev–Trinajstić information content (AvgIpc) is 3.08. The smallest absolute Gasteiger partial charge is 0.194 e. The first-order valence-electron chi connectivity index (χ1n) is 9.11. The van der Waals surface area contributed by atoms with Gasteiger partial charge in [-0.15, -0.1) is 0 Å². The molecule has 0 amide bonds. The highest BCUT2D eigenvalue weighted by molar-refractivity contribution is 5.79. The highest BCUT2D eigenvalue weighted by Crippen LogP contribution is 2.16. The maximum Gasteiger partial charge on any atom is 0.194 e. The summed E-state index contributed by atoms with van der Waals surface area (Å²) in [6, 6.07) is 13.0. The maximum atomic E-state index is 5.42. The monoisotopic (exact) mass is 355 g/mol. The molecule has 1 N–H and O–H groups in total. The van der Waals surface area contributed by atoms with Gasteiger partial charge in [-0.3, -0.25) is 4.99 Å². The van der Waals surface area contributed by atoms with Crippen LogP contribution < -0.4 is 10.2 Å². The number of guanidine groups is 1. The summed E-state index contributed by atoms with van der Waals surface area (Å²) in [5.41, 5.74) is 3.77. The second-order valence-corrected chi connectivity index (χ2v) is 6.63. The first-order valence-corrected chi connectivity index (χ1v) is 9.11. The minimum absolute atomic E-state index is 0.757. The zero-order valence-corrected chi connectivity index (χ0v) is 16.0. The fraction of sp³-hybridized carbons (Fsp3) is 0.450. The van der Waals surface area contributed by atoms with Gasteiger partial charge in [-0.2, -0.15) is 0 Å². The molecule has 1 aliphatic heterocycles. The van der Waals surface area contributed by atoms with Crippen molar-refractivity contribution in [2.75, 3.05) is 45.3 Å². The largest absolute Gasteiger partial charge is 0.378 e. The zero-order valence-electron chi connectivity index (χ0n) is 16.0. The van der Waals surface area contributed by atoms with Gasteiger partial charge in [0.15, 0.2) is 5.96 Å². The molecule has 0 unspecified atom stereocenters. The van der Waals surface area contributed by atoms with Crippen LogP contribution in [0.15, 0.2) is 47.6 Å². The van der Waals surface area contributed by atoms with Crippen LogP contribution in [0.2, 0.25) is 0 Å². The quantitative estimate of drug-likeness (QED) is 0.659. The number of anilines is 1. The number of nitrogens with zero attached hydrogens (tertiary/aromatic N) is 4. The van der Waals surface area contributed by atoms with Gasteiger partial charge in [-0.05, 0) is 29.8 Å². The van der Waals surface area contributed by atoms with Crippen LogP contribution in [0.3, 0.4) is 0 Å². The predicted molar refractivity (Wildman–Crippen MR) is 107 cm³/mol. The van der Waals surface area contributed by atoms with E-state index in [1.54, 1.807) is 0 Å². The van der Waals surface area contributed by atoms with Gasteiger partial charge in [0.1, 0.15) is 0 Å². The van der Waals surface area contributed by atoms with Crippen LogP contribution in [0, 0.1) is 0 Å². The molecular weight excluding hydrogens is 326 g/mol. The summed E-state index contributed by atoms with van der Waals surface area (Å²) in [5, 5.41) is 3.45. The van der Waals surface area contributed by atoms with Crippen molar-refractivity contribution in [1.29, 1.82) is 0 Å². The molecule has 1 aromatic heterocycles. The number of benzene rings is 1. The molecule has 26 heavy (non-hydrogen) atoms. The molecule has 1 fully saturated rings. The minimum Gasteiger partial charge on any atom is -0.378 e. The summed E-state index contributed by atoms with van der Waals surface area (Å²) < 4.78 is 7.55. The maximum absolute atomic E-state index is 5.42. The molecule has 6 nitrogen and oxygen atoms in total. The second-order valence-electron chi connectivity index (χ2n) is 6.63. The van der Waals surface area contributed by atoms with Crippen molar-refractivity contribution in [3.63, 3.8) is 0 Å². The molecule has 140 valence electrons. The number of aromatic nitrogens is 1. The molecule has 0 spiro atoms. The van der Waals surface area contributed by atoms with E-state index in [0.29, 0.717) is 0 Å². The number of nitrogens with one attached hydrogen (secondary N) is 1. The van der Waals surface area contributed by atoms with E-state index < -0.39 is 0 Å². The van der Waals surface area contributed by atoms with E-state index >= 15 is 0 Å². The lowest BCUT2D eigenvalue weighted by Crippen LogP contribution is -2.38. The summed E-state index contributed by atoms with van der Waals surface area (Å²) in [6.07, 6.45) is 2.06. The van der Waals surface area contributed by atoms with E-state index in [1.165, 1.54) is 16.9 Å². The van der Waals surface area contributed by atoms with E-state index in [-0.39, 0.29) is 0 Å². The summed E-state index contributed by atoms with van der Waals surface area (Å²) in [4.78, 5) is 8.91. The van der Waals surface area contributed by atoms with Gasteiger partial charge in [0.05, 0.1) is 19.8 Å². The predicted octanol–water partition coefficient (Wildman–Crippen LogP) is 2.07. The highest BCUT2D eigenvalue weighted by atomic mass is 16.5. The summed E-state index contributed by atoms with van der Waals surface area (Å²) in [6.45, 7) is 5.13. The number of aliphatic imine (C=N–C) groups is 1. The third-order valence-corrected chi connectivity index (χ3v) is 4.79. The topological polar surface area (TPSA) is 45.0 Å². The molecule has 0 aliphatic carbocycles. The first-order chi connectivity index (χ1) is 12.7. The van der Waals surface area contributed by atoms with Crippen LogP contribution in [0.1, 0.15) is 11.3 Å². The molecule has 0 radical (unpaired) electrons. The molecule has 2 heterocycles. The molecule has 1 aromatic carbocycles. The number of rotatable bonds is 5. The SMILES string of the molecule is CN=C(NCc1ccc(N2CCOCC2)cc1)N(C)Cc1cccn1C. The molecule has 6 heteroatoms. The summed E-state index contributed by atoms with van der Waals surface area (Å²) >= 11 is 0. The third-order valence-electron chi connectivity index (χ3n) is 4.79. The molecule has 0 atom stereocenters. The molecule has 0 saturated carbocycles. The van der Waals surface area contributed by atoms with E-state index in [9.17, 15) is 0 Å². The van der Waals surface area contributed by atoms with Crippen LogP contribution in [0.25, 0.3) is 0 Å². The lowest BCUT2D eigenvalue weighted by atomic mass is 10.2. The van der Waals surface area contributed by atoms with Crippen LogP contribution in [-0.4, -0.2) is 55.8 Å². The molecule has 1 aliphatic rings. The van der Waals surface area contributed by atoms with Crippen molar-refractivity contribution in [3.8, 4) is 0 Å². The molecule has 0 bridgehead atoms. The number of hydrogen-bond acceptors (Lipinski definition) is 3. The Hall–Kier alpha value is -2.47. The van der Waals surface area contributed by atoms with Crippen molar-refractivity contribution in [2.24, 2.45) is 12.0 Å². The van der Waals surface area contributed by atoms with E-state index in [0.717, 1.165) is 45.4 Å². The Kier molecular flexibility index (Phi) is 6.17. The first kappa shape index (κ1) is 18.3. The van der Waals surface area contributed by atoms with Gasteiger partial charge in [0.2, 0.25) is 0 Å². The van der Waals surface area contributed by atoms with Crippen molar-refractivity contribution in [3.05, 3.63) is 53.9 Å². The lowest BCUT2D eigenvalue weighted by molar-refractivity contribution is 0.122. The van der Waals surface area contributed by atoms with E-state index in [1.807, 2.05) is 7.05 Å². The second kappa shape index (κ2) is 8.76. The Morgan fingerprint density at radius 2 is 1.92 bits per heavy atom. The van der Waals surface area contributed by atoms with Crippen LogP contribution >= 0.6 is 0 Å². The van der Waals surface area contributed by atoms with Gasteiger partial charge in [-0.1, -0.05) is 12.1 Å². The Labute approximate surface area is 156 Å². The number of hydrogen-bond donors (Lipinski definition) is 1. The molecule has 2 aromatic rings. The van der Waals surface area contributed by atoms with Gasteiger partial charge < -0.3 is 24.4 Å². The summed E-state index contributed by atoms with van der Waals surface area (Å²) in [7, 11) is 5.95. The third kappa shape index (κ3) is 4.58. The Morgan fingerprint density at radius 3 is 2.54 bits per heavy atom. The standard InChI is InChI=1S/C20H29N5O/c1-21-20(24(3)16-19-5-4-10-23(19)2)22-15-17-6-8-18(9-7-17)25-11-13-26-14-12-25/h4-10H,11-16H2,1-3H3,(H,21,22). The van der Waals surface area contributed by atoms with Gasteiger partial charge in [-0.25, -0.2) is 0 Å².